The van der Waals surface area contributed by atoms with Crippen molar-refractivity contribution in [3.63, 3.8) is 0 Å². The highest BCUT2D eigenvalue weighted by Crippen LogP contribution is 2.64. The Balaban J connectivity index is 1.47. The van der Waals surface area contributed by atoms with Crippen LogP contribution in [0.25, 0.3) is 0 Å². The zero-order valence-corrected chi connectivity index (χ0v) is 24.2. The van der Waals surface area contributed by atoms with Gasteiger partial charge in [0.25, 0.3) is 0 Å². The third kappa shape index (κ3) is 5.47. The lowest BCUT2D eigenvalue weighted by molar-refractivity contribution is -0.218. The molecule has 228 valence electrons. The zero-order valence-electron chi connectivity index (χ0n) is 24.2. The molecule has 1 saturated heterocycles. The third-order valence-electron chi connectivity index (χ3n) is 10.6. The summed E-state index contributed by atoms with van der Waals surface area (Å²) in [6.45, 7) is 7.00. The number of rotatable bonds is 8. The van der Waals surface area contributed by atoms with Crippen molar-refractivity contribution in [2.45, 2.75) is 77.5 Å². The van der Waals surface area contributed by atoms with Gasteiger partial charge in [-0.15, -0.1) is 0 Å². The molecule has 5 aliphatic rings. The van der Waals surface area contributed by atoms with Gasteiger partial charge in [-0.05, 0) is 81.1 Å². The van der Waals surface area contributed by atoms with Crippen LogP contribution in [0.2, 0.25) is 0 Å². The Labute approximate surface area is 241 Å². The molecule has 5 rings (SSSR count). The average molecular weight is 576 g/mol. The Kier molecular flexibility index (Phi) is 8.40. The maximum absolute atomic E-state index is 13.9. The number of nitrogens with two attached hydrogens (primary N) is 2. The van der Waals surface area contributed by atoms with Crippen LogP contribution in [0.1, 0.15) is 59.3 Å². The first-order chi connectivity index (χ1) is 19.4. The number of nitrogens with zero attached hydrogens (tertiary/aromatic N) is 1. The number of ether oxygens (including phenoxy) is 3. The van der Waals surface area contributed by atoms with Crippen molar-refractivity contribution in [1.29, 1.82) is 0 Å². The molecule has 1 heterocycles. The number of hydrogen-bond donors (Lipinski definition) is 4. The molecule has 0 amide bonds. The van der Waals surface area contributed by atoms with Gasteiger partial charge in [-0.1, -0.05) is 19.4 Å². The highest BCUT2D eigenvalue weighted by atomic mass is 16.7. The van der Waals surface area contributed by atoms with Gasteiger partial charge in [-0.2, -0.15) is 0 Å². The van der Waals surface area contributed by atoms with Crippen molar-refractivity contribution in [1.82, 2.24) is 0 Å². The molecule has 0 radical (unpaired) electrons. The number of allylic oxidation sites excluding steroid dienone is 1. The van der Waals surface area contributed by atoms with Gasteiger partial charge in [0.05, 0.1) is 37.9 Å². The monoisotopic (exact) mass is 575 g/mol. The van der Waals surface area contributed by atoms with Gasteiger partial charge in [-0.25, -0.2) is 9.79 Å². The minimum Gasteiger partial charge on any atom is -0.481 e. The van der Waals surface area contributed by atoms with E-state index in [-0.39, 0.29) is 54.0 Å². The van der Waals surface area contributed by atoms with Gasteiger partial charge in [-0.3, -0.25) is 9.59 Å². The number of aliphatic imine (C=N–C) groups is 1. The van der Waals surface area contributed by atoms with E-state index in [0.717, 1.165) is 37.7 Å². The lowest BCUT2D eigenvalue weighted by Gasteiger charge is -2.62. The highest BCUT2D eigenvalue weighted by molar-refractivity contribution is 5.97. The van der Waals surface area contributed by atoms with E-state index in [1.165, 1.54) is 0 Å². The smallest absolute Gasteiger partial charge is 0.481 e. The summed E-state index contributed by atoms with van der Waals surface area (Å²) in [5.41, 5.74) is 11.5. The van der Waals surface area contributed by atoms with Crippen molar-refractivity contribution in [3.05, 3.63) is 11.6 Å². The van der Waals surface area contributed by atoms with Gasteiger partial charge < -0.3 is 35.9 Å². The predicted molar refractivity (Wildman–Crippen MR) is 149 cm³/mol. The zero-order chi connectivity index (χ0) is 29.6. The number of aliphatic carboxylic acids is 1. The summed E-state index contributed by atoms with van der Waals surface area (Å²) < 4.78 is 17.9. The molecule has 7 unspecified atom stereocenters. The molecule has 0 aromatic carbocycles. The van der Waals surface area contributed by atoms with Crippen LogP contribution in [-0.2, 0) is 23.8 Å². The minimum absolute atomic E-state index is 0.00757. The van der Waals surface area contributed by atoms with Crippen molar-refractivity contribution in [2.75, 3.05) is 19.8 Å². The Morgan fingerprint density at radius 2 is 1.90 bits per heavy atom. The van der Waals surface area contributed by atoms with Crippen molar-refractivity contribution >= 4 is 23.9 Å². The first kappa shape index (κ1) is 29.8. The topological polar surface area (TPSA) is 184 Å². The van der Waals surface area contributed by atoms with E-state index in [9.17, 15) is 24.6 Å². The van der Waals surface area contributed by atoms with E-state index >= 15 is 0 Å². The molecule has 1 aliphatic heterocycles. The predicted octanol–water partition coefficient (Wildman–Crippen LogP) is 3.06. The van der Waals surface area contributed by atoms with E-state index in [1.54, 1.807) is 6.08 Å². The van der Waals surface area contributed by atoms with E-state index in [2.05, 4.69) is 18.8 Å². The normalized spacial score (nSPS) is 40.3. The molecule has 11 nitrogen and oxygen atoms in total. The summed E-state index contributed by atoms with van der Waals surface area (Å²) in [6.07, 6.45) is 3.61. The van der Waals surface area contributed by atoms with Crippen LogP contribution in [-0.4, -0.2) is 72.2 Å². The maximum Gasteiger partial charge on any atom is 0.506 e. The van der Waals surface area contributed by atoms with Gasteiger partial charge in [0.1, 0.15) is 6.10 Å². The maximum atomic E-state index is 13.9. The van der Waals surface area contributed by atoms with Gasteiger partial charge in [0.15, 0.2) is 11.7 Å². The number of ketones is 1. The Bertz CT molecular complexity index is 1100. The fraction of sp³-hybridized carbons (Fsp3) is 0.800. The fourth-order valence-electron chi connectivity index (χ4n) is 9.43. The van der Waals surface area contributed by atoms with Crippen molar-refractivity contribution < 1.29 is 38.8 Å². The second-order valence-electron chi connectivity index (χ2n) is 13.5. The number of carboxylic acid groups (broad SMARTS) is 2. The number of fused-ring (bicyclic) bond motifs is 3. The Morgan fingerprint density at radius 1 is 1.15 bits per heavy atom. The van der Waals surface area contributed by atoms with Crippen LogP contribution in [0.5, 0.6) is 0 Å². The van der Waals surface area contributed by atoms with Crippen LogP contribution >= 0.6 is 0 Å². The molecular formula is C30H45N3O8. The SMILES string of the molecule is CC(C)CC1CCC2C3CCC4C5COC[C@@]4(C[C@@H](OC(=O)O)[C@@H]5OCC(C)N=C(N)N)C3=CC(=O)C2[C@@H]1C(=O)O. The third-order valence-corrected chi connectivity index (χ3v) is 10.6. The molecule has 0 aromatic rings. The molecule has 11 atom stereocenters. The quantitative estimate of drug-likeness (QED) is 0.190. The molecule has 0 spiro atoms. The molecular weight excluding hydrogens is 530 g/mol. The minimum atomic E-state index is -1.37. The second-order valence-corrected chi connectivity index (χ2v) is 13.5. The average Bonchev–Trinajstić information content (AvgIpc) is 2.86. The Hall–Kier alpha value is -2.66. The molecule has 3 saturated carbocycles. The number of hydrogen-bond acceptors (Lipinski definition) is 7. The largest absolute Gasteiger partial charge is 0.506 e. The molecule has 0 aromatic heterocycles. The first-order valence-corrected chi connectivity index (χ1v) is 15.1. The second kappa shape index (κ2) is 11.6. The summed E-state index contributed by atoms with van der Waals surface area (Å²) in [5.74, 6) is -1.81. The summed E-state index contributed by atoms with van der Waals surface area (Å²) in [5, 5.41) is 19.9. The Morgan fingerprint density at radius 3 is 2.56 bits per heavy atom. The number of guanidine groups is 1. The molecule has 11 heteroatoms. The highest BCUT2D eigenvalue weighted by Gasteiger charge is 2.64. The van der Waals surface area contributed by atoms with Crippen LogP contribution < -0.4 is 11.5 Å². The molecule has 4 aliphatic carbocycles. The van der Waals surface area contributed by atoms with Crippen LogP contribution in [0.3, 0.4) is 0 Å². The molecule has 41 heavy (non-hydrogen) atoms. The van der Waals surface area contributed by atoms with Crippen LogP contribution in [0.4, 0.5) is 4.79 Å². The van der Waals surface area contributed by atoms with Crippen molar-refractivity contribution in [3.8, 4) is 0 Å². The summed E-state index contributed by atoms with van der Waals surface area (Å²) in [6, 6.07) is -0.319. The summed E-state index contributed by atoms with van der Waals surface area (Å²) in [4.78, 5) is 42.4. The van der Waals surface area contributed by atoms with Crippen molar-refractivity contribution in [2.24, 2.45) is 69.2 Å². The van der Waals surface area contributed by atoms with Crippen LogP contribution in [0.15, 0.2) is 16.6 Å². The molecule has 4 fully saturated rings. The summed E-state index contributed by atoms with van der Waals surface area (Å²) in [7, 11) is 0. The summed E-state index contributed by atoms with van der Waals surface area (Å²) >= 11 is 0. The fourth-order valence-corrected chi connectivity index (χ4v) is 9.43. The van der Waals surface area contributed by atoms with E-state index < -0.39 is 41.6 Å². The number of carboxylic acids is 1. The van der Waals surface area contributed by atoms with Gasteiger partial charge in [0.2, 0.25) is 0 Å². The lowest BCUT2D eigenvalue weighted by atomic mass is 9.45. The van der Waals surface area contributed by atoms with E-state index in [0.29, 0.717) is 25.6 Å². The standard InChI is InChI=1S/C30H45N3O8/c1-14(2)8-16-4-5-18-17-6-7-20-19-12-39-13-30(20,21(17)9-22(34)25(18)24(16)27(35)36)10-23(41-29(37)38)26(19)40-11-15(3)33-28(31)32/h9,14-20,23-26H,4-8,10-13H2,1-3H3,(H,35,36)(H,37,38)(H4,31,32,33)/t15?,16?,17?,18?,19?,20?,23-,24-,25?,26-,30-/m1/s1. The first-order valence-electron chi connectivity index (χ1n) is 15.1. The van der Waals surface area contributed by atoms with Crippen LogP contribution in [0, 0.1) is 52.8 Å². The number of carbonyl (C=O) groups excluding carboxylic acids is 1. The number of carbonyl (C=O) groups is 3. The lowest BCUT2D eigenvalue weighted by Crippen LogP contribution is -2.64. The van der Waals surface area contributed by atoms with Gasteiger partial charge >= 0.3 is 12.1 Å². The van der Waals surface area contributed by atoms with E-state index in [4.69, 9.17) is 25.7 Å². The van der Waals surface area contributed by atoms with E-state index in [1.807, 2.05) is 6.92 Å². The van der Waals surface area contributed by atoms with Gasteiger partial charge in [0, 0.05) is 17.3 Å². The molecule has 6 N–H and O–H groups in total. The molecule has 2 bridgehead atoms.